The van der Waals surface area contributed by atoms with Crippen LogP contribution in [0.25, 0.3) is 0 Å². The van der Waals surface area contributed by atoms with Crippen molar-refractivity contribution in [1.29, 1.82) is 0 Å². The molecule has 0 aliphatic carbocycles. The van der Waals surface area contributed by atoms with E-state index in [2.05, 4.69) is 4.98 Å². The van der Waals surface area contributed by atoms with Crippen LogP contribution in [-0.4, -0.2) is 16.1 Å². The van der Waals surface area contributed by atoms with Gasteiger partial charge in [0.1, 0.15) is 5.56 Å². The number of alkyl halides is 6. The van der Waals surface area contributed by atoms with Gasteiger partial charge in [0, 0.05) is 11.6 Å². The molecule has 0 aliphatic heterocycles. The quantitative estimate of drug-likeness (QED) is 0.541. The summed E-state index contributed by atoms with van der Waals surface area (Å²) in [6.07, 6.45) is -9.17. The molecule has 0 saturated carbocycles. The number of halogens is 6. The van der Waals surface area contributed by atoms with E-state index >= 15 is 0 Å². The van der Waals surface area contributed by atoms with Gasteiger partial charge in [-0.1, -0.05) is 24.3 Å². The van der Waals surface area contributed by atoms with Gasteiger partial charge in [0.15, 0.2) is 0 Å². The number of rotatable bonds is 4. The van der Waals surface area contributed by atoms with Gasteiger partial charge in [0.05, 0.1) is 11.1 Å². The predicted octanol–water partition coefficient (Wildman–Crippen LogP) is 5.29. The summed E-state index contributed by atoms with van der Waals surface area (Å²) in [4.78, 5) is 25.5. The number of carboxylic acid groups (broad SMARTS) is 1. The van der Waals surface area contributed by atoms with Crippen molar-refractivity contribution in [2.75, 3.05) is 0 Å². The summed E-state index contributed by atoms with van der Waals surface area (Å²) < 4.78 is 77.3. The van der Waals surface area contributed by atoms with Crippen LogP contribution in [0.4, 0.5) is 26.3 Å². The number of hydrogen-bond acceptors (Lipinski definition) is 2. The zero-order valence-corrected chi connectivity index (χ0v) is 15.4. The monoisotopic (exact) mass is 441 g/mol. The Morgan fingerprint density at radius 3 is 1.48 bits per heavy atom. The van der Waals surface area contributed by atoms with Gasteiger partial charge in [0.25, 0.3) is 5.56 Å². The van der Waals surface area contributed by atoms with Crippen molar-refractivity contribution in [2.45, 2.75) is 18.3 Å². The number of aromatic amines is 1. The Kier molecular flexibility index (Phi) is 5.66. The fourth-order valence-corrected chi connectivity index (χ4v) is 3.11. The molecule has 162 valence electrons. The standard InChI is InChI=1S/C21H13F6NO3/c22-20(23,24)13-5-1-11(2-6-13)17(12-3-7-14(8-4-12)21(25,26)27)16-10-9-15(19(30)31)18(29)28-16/h1-10,17H,(H,28,29)(H,30,31). The molecule has 31 heavy (non-hydrogen) atoms. The fraction of sp³-hybridized carbons (Fsp3) is 0.143. The minimum Gasteiger partial charge on any atom is -0.477 e. The lowest BCUT2D eigenvalue weighted by Crippen LogP contribution is -2.20. The Morgan fingerprint density at radius 1 is 0.742 bits per heavy atom. The number of H-pyrrole nitrogens is 1. The first kappa shape index (κ1) is 22.1. The number of nitrogens with one attached hydrogen (secondary N) is 1. The van der Waals surface area contributed by atoms with Crippen molar-refractivity contribution >= 4 is 5.97 Å². The molecule has 2 N–H and O–H groups in total. The minimum absolute atomic E-state index is 0.106. The summed E-state index contributed by atoms with van der Waals surface area (Å²) in [6.45, 7) is 0. The van der Waals surface area contributed by atoms with Crippen LogP contribution in [0.15, 0.2) is 65.5 Å². The van der Waals surface area contributed by atoms with Gasteiger partial charge in [0.2, 0.25) is 0 Å². The third kappa shape index (κ3) is 4.79. The number of benzene rings is 2. The number of carboxylic acids is 1. The van der Waals surface area contributed by atoms with Crippen molar-refractivity contribution < 1.29 is 36.2 Å². The molecule has 0 saturated heterocycles. The Bertz CT molecular complexity index is 1090. The van der Waals surface area contributed by atoms with Crippen LogP contribution in [-0.2, 0) is 12.4 Å². The Labute approximate surface area is 170 Å². The lowest BCUT2D eigenvalue weighted by molar-refractivity contribution is -0.138. The van der Waals surface area contributed by atoms with E-state index in [1.807, 2.05) is 0 Å². The molecule has 3 aromatic rings. The largest absolute Gasteiger partial charge is 0.477 e. The maximum Gasteiger partial charge on any atom is 0.416 e. The molecular formula is C21H13F6NO3. The van der Waals surface area contributed by atoms with Crippen molar-refractivity contribution in [3.8, 4) is 0 Å². The lowest BCUT2D eigenvalue weighted by atomic mass is 9.87. The maximum atomic E-state index is 12.9. The van der Waals surface area contributed by atoms with E-state index in [4.69, 9.17) is 5.11 Å². The predicted molar refractivity (Wildman–Crippen MR) is 97.9 cm³/mol. The van der Waals surface area contributed by atoms with Crippen molar-refractivity contribution in [3.05, 3.63) is 105 Å². The second kappa shape index (κ2) is 7.93. The molecule has 3 rings (SSSR count). The molecule has 0 radical (unpaired) electrons. The first-order valence-corrected chi connectivity index (χ1v) is 8.69. The van der Waals surface area contributed by atoms with E-state index in [1.165, 1.54) is 6.07 Å². The zero-order valence-electron chi connectivity index (χ0n) is 15.4. The zero-order chi connectivity index (χ0) is 23.0. The van der Waals surface area contributed by atoms with Gasteiger partial charge in [-0.2, -0.15) is 26.3 Å². The summed E-state index contributed by atoms with van der Waals surface area (Å²) >= 11 is 0. The summed E-state index contributed by atoms with van der Waals surface area (Å²) in [5.74, 6) is -2.42. The molecule has 4 nitrogen and oxygen atoms in total. The van der Waals surface area contributed by atoms with E-state index in [0.717, 1.165) is 54.6 Å². The van der Waals surface area contributed by atoms with Crippen LogP contribution in [0.5, 0.6) is 0 Å². The van der Waals surface area contributed by atoms with Crippen molar-refractivity contribution in [2.24, 2.45) is 0 Å². The van der Waals surface area contributed by atoms with E-state index in [-0.39, 0.29) is 16.8 Å². The molecular weight excluding hydrogens is 428 g/mol. The third-order valence-electron chi connectivity index (χ3n) is 4.62. The van der Waals surface area contributed by atoms with Crippen LogP contribution in [0.1, 0.15) is 44.2 Å². The van der Waals surface area contributed by atoms with Crippen molar-refractivity contribution in [1.82, 2.24) is 4.98 Å². The molecule has 0 fully saturated rings. The van der Waals surface area contributed by atoms with Crippen LogP contribution >= 0.6 is 0 Å². The Hall–Kier alpha value is -3.56. The molecule has 0 unspecified atom stereocenters. The van der Waals surface area contributed by atoms with Crippen LogP contribution in [0, 0.1) is 0 Å². The summed E-state index contributed by atoms with van der Waals surface area (Å²) in [5.41, 5.74) is -2.72. The molecule has 0 bridgehead atoms. The van der Waals surface area contributed by atoms with Gasteiger partial charge in [-0.3, -0.25) is 4.79 Å². The normalized spacial score (nSPS) is 12.2. The summed E-state index contributed by atoms with van der Waals surface area (Å²) in [5, 5.41) is 9.01. The van der Waals surface area contributed by atoms with E-state index in [0.29, 0.717) is 0 Å². The number of aromatic carboxylic acids is 1. The second-order valence-corrected chi connectivity index (χ2v) is 6.63. The van der Waals surface area contributed by atoms with Gasteiger partial charge in [-0.05, 0) is 47.5 Å². The number of hydrogen-bond donors (Lipinski definition) is 2. The lowest BCUT2D eigenvalue weighted by Gasteiger charge is -2.20. The van der Waals surface area contributed by atoms with Gasteiger partial charge in [-0.25, -0.2) is 4.79 Å². The van der Waals surface area contributed by atoms with Crippen LogP contribution in [0.2, 0.25) is 0 Å². The van der Waals surface area contributed by atoms with Crippen LogP contribution < -0.4 is 5.56 Å². The van der Waals surface area contributed by atoms with Gasteiger partial charge >= 0.3 is 18.3 Å². The highest BCUT2D eigenvalue weighted by molar-refractivity contribution is 5.87. The first-order chi connectivity index (χ1) is 14.4. The average Bonchev–Trinajstić information content (AvgIpc) is 2.67. The molecule has 0 amide bonds. The molecule has 0 aliphatic rings. The molecule has 1 aromatic heterocycles. The van der Waals surface area contributed by atoms with Gasteiger partial charge in [-0.15, -0.1) is 0 Å². The molecule has 0 spiro atoms. The van der Waals surface area contributed by atoms with E-state index in [9.17, 15) is 35.9 Å². The van der Waals surface area contributed by atoms with E-state index < -0.39 is 46.5 Å². The summed E-state index contributed by atoms with van der Waals surface area (Å²) in [7, 11) is 0. The highest BCUT2D eigenvalue weighted by atomic mass is 19.4. The molecule has 2 aromatic carbocycles. The number of carbonyl (C=O) groups is 1. The summed E-state index contributed by atoms with van der Waals surface area (Å²) in [6, 6.07) is 10.1. The SMILES string of the molecule is O=C(O)c1ccc(C(c2ccc(C(F)(F)F)cc2)c2ccc(C(F)(F)F)cc2)[nH]c1=O. The highest BCUT2D eigenvalue weighted by Crippen LogP contribution is 2.36. The third-order valence-corrected chi connectivity index (χ3v) is 4.62. The second-order valence-electron chi connectivity index (χ2n) is 6.63. The number of aromatic nitrogens is 1. The fourth-order valence-electron chi connectivity index (χ4n) is 3.11. The molecule has 10 heteroatoms. The topological polar surface area (TPSA) is 70.2 Å². The Morgan fingerprint density at radius 2 is 1.16 bits per heavy atom. The first-order valence-electron chi connectivity index (χ1n) is 8.69. The van der Waals surface area contributed by atoms with E-state index in [1.54, 1.807) is 0 Å². The maximum absolute atomic E-state index is 12.9. The smallest absolute Gasteiger partial charge is 0.416 e. The van der Waals surface area contributed by atoms with Crippen LogP contribution in [0.3, 0.4) is 0 Å². The van der Waals surface area contributed by atoms with Gasteiger partial charge < -0.3 is 10.1 Å². The average molecular weight is 441 g/mol. The van der Waals surface area contributed by atoms with Crippen molar-refractivity contribution in [3.63, 3.8) is 0 Å². The number of pyridine rings is 1. The molecule has 1 heterocycles. The minimum atomic E-state index is -4.58. The molecule has 0 atom stereocenters. The highest BCUT2D eigenvalue weighted by Gasteiger charge is 2.32. The Balaban J connectivity index is 2.14.